The number of fused-ring (bicyclic) bond motifs is 1. The topological polar surface area (TPSA) is 102 Å². The number of hydrogen-bond donors (Lipinski definition) is 2. The molecular weight excluding hydrogens is 388 g/mol. The molecule has 0 aliphatic heterocycles. The second kappa shape index (κ2) is 7.51. The second-order valence-electron chi connectivity index (χ2n) is 6.58. The molecule has 8 nitrogen and oxygen atoms in total. The molecule has 0 fully saturated rings. The molecule has 0 amide bonds. The smallest absolute Gasteiger partial charge is 0.264 e. The number of imidazole rings is 1. The summed E-state index contributed by atoms with van der Waals surface area (Å²) in [7, 11) is -1.78. The van der Waals surface area contributed by atoms with E-state index in [2.05, 4.69) is 25.0 Å². The van der Waals surface area contributed by atoms with Crippen LogP contribution in [-0.2, 0) is 23.6 Å². The Morgan fingerprint density at radius 3 is 2.48 bits per heavy atom. The largest absolute Gasteiger partial charge is 0.378 e. The Labute approximate surface area is 168 Å². The first kappa shape index (κ1) is 18.9. The van der Waals surface area contributed by atoms with Crippen molar-refractivity contribution in [2.75, 3.05) is 10.0 Å². The van der Waals surface area contributed by atoms with Crippen LogP contribution >= 0.6 is 0 Å². The Bertz CT molecular complexity index is 1270. The van der Waals surface area contributed by atoms with E-state index in [9.17, 15) is 8.42 Å². The standard InChI is InChI=1S/C20H20N6O2S/c1-14-11-12-21-20(23-14)25-29(27,28)16-9-7-15(8-10-16)22-13-19-24-17-5-3-4-6-18(17)26(19)2/h3-12,22H,13H2,1-2H3,(H,21,23,25). The quantitative estimate of drug-likeness (QED) is 0.508. The lowest BCUT2D eigenvalue weighted by Crippen LogP contribution is -2.15. The predicted molar refractivity (Wildman–Crippen MR) is 112 cm³/mol. The Morgan fingerprint density at radius 2 is 1.76 bits per heavy atom. The summed E-state index contributed by atoms with van der Waals surface area (Å²) in [4.78, 5) is 12.8. The lowest BCUT2D eigenvalue weighted by atomic mass is 10.3. The number of benzene rings is 2. The van der Waals surface area contributed by atoms with Gasteiger partial charge in [0.15, 0.2) is 0 Å². The van der Waals surface area contributed by atoms with Gasteiger partial charge in [0.1, 0.15) is 5.82 Å². The Hall–Kier alpha value is -3.46. The zero-order valence-corrected chi connectivity index (χ0v) is 16.8. The summed E-state index contributed by atoms with van der Waals surface area (Å²) in [5.74, 6) is 0.940. The van der Waals surface area contributed by atoms with Crippen molar-refractivity contribution in [2.45, 2.75) is 18.4 Å². The van der Waals surface area contributed by atoms with Crippen molar-refractivity contribution < 1.29 is 8.42 Å². The monoisotopic (exact) mass is 408 g/mol. The highest BCUT2D eigenvalue weighted by Gasteiger charge is 2.15. The van der Waals surface area contributed by atoms with Crippen LogP contribution in [0.3, 0.4) is 0 Å². The lowest BCUT2D eigenvalue weighted by molar-refractivity contribution is 0.601. The molecule has 0 unspecified atom stereocenters. The number of hydrogen-bond acceptors (Lipinski definition) is 6. The number of para-hydroxylation sites is 2. The molecule has 2 heterocycles. The van der Waals surface area contributed by atoms with Gasteiger partial charge in [-0.25, -0.2) is 28.1 Å². The van der Waals surface area contributed by atoms with Crippen LogP contribution in [0.4, 0.5) is 11.6 Å². The van der Waals surface area contributed by atoms with Gasteiger partial charge in [-0.2, -0.15) is 0 Å². The van der Waals surface area contributed by atoms with E-state index in [0.29, 0.717) is 12.2 Å². The molecular formula is C20H20N6O2S. The van der Waals surface area contributed by atoms with E-state index >= 15 is 0 Å². The fraction of sp³-hybridized carbons (Fsp3) is 0.150. The third-order valence-corrected chi connectivity index (χ3v) is 5.86. The van der Waals surface area contributed by atoms with Gasteiger partial charge in [-0.1, -0.05) is 12.1 Å². The minimum atomic E-state index is -3.76. The third kappa shape index (κ3) is 4.04. The van der Waals surface area contributed by atoms with E-state index in [1.165, 1.54) is 18.3 Å². The first-order valence-corrected chi connectivity index (χ1v) is 10.5. The van der Waals surface area contributed by atoms with E-state index in [4.69, 9.17) is 0 Å². The van der Waals surface area contributed by atoms with Gasteiger partial charge < -0.3 is 9.88 Å². The highest BCUT2D eigenvalue weighted by molar-refractivity contribution is 7.92. The van der Waals surface area contributed by atoms with E-state index in [-0.39, 0.29) is 10.8 Å². The molecule has 0 bridgehead atoms. The van der Waals surface area contributed by atoms with E-state index in [1.54, 1.807) is 25.1 Å². The van der Waals surface area contributed by atoms with Crippen LogP contribution in [-0.4, -0.2) is 27.9 Å². The van der Waals surface area contributed by atoms with Gasteiger partial charge in [0, 0.05) is 24.6 Å². The number of anilines is 2. The summed E-state index contributed by atoms with van der Waals surface area (Å²) in [6.07, 6.45) is 1.51. The molecule has 0 radical (unpaired) electrons. The van der Waals surface area contributed by atoms with E-state index < -0.39 is 10.0 Å². The van der Waals surface area contributed by atoms with Crippen molar-refractivity contribution in [3.05, 3.63) is 72.3 Å². The summed E-state index contributed by atoms with van der Waals surface area (Å²) in [5.41, 5.74) is 3.48. The normalized spacial score (nSPS) is 11.5. The van der Waals surface area contributed by atoms with Gasteiger partial charge in [-0.15, -0.1) is 0 Å². The molecule has 4 rings (SSSR count). The van der Waals surface area contributed by atoms with Gasteiger partial charge in [0.05, 0.1) is 22.5 Å². The number of sulfonamides is 1. The summed E-state index contributed by atoms with van der Waals surface area (Å²) in [6, 6.07) is 16.1. The third-order valence-electron chi connectivity index (χ3n) is 4.52. The number of aromatic nitrogens is 4. The zero-order valence-electron chi connectivity index (χ0n) is 16.0. The maximum Gasteiger partial charge on any atom is 0.264 e. The van der Waals surface area contributed by atoms with Gasteiger partial charge in [-0.3, -0.25) is 0 Å². The van der Waals surface area contributed by atoms with Gasteiger partial charge in [0.2, 0.25) is 5.95 Å². The average Bonchev–Trinajstić information content (AvgIpc) is 3.02. The maximum atomic E-state index is 12.5. The van der Waals surface area contributed by atoms with Gasteiger partial charge >= 0.3 is 0 Å². The van der Waals surface area contributed by atoms with Gasteiger partial charge in [0.25, 0.3) is 10.0 Å². The summed E-state index contributed by atoms with van der Waals surface area (Å²) in [6.45, 7) is 2.29. The van der Waals surface area contributed by atoms with Crippen LogP contribution in [0.5, 0.6) is 0 Å². The number of aryl methyl sites for hydroxylation is 2. The Balaban J connectivity index is 1.46. The first-order valence-electron chi connectivity index (χ1n) is 8.99. The van der Waals surface area contributed by atoms with Crippen LogP contribution in [0.15, 0.2) is 65.7 Å². The van der Waals surface area contributed by atoms with E-state index in [0.717, 1.165) is 22.5 Å². The molecule has 0 saturated carbocycles. The number of nitrogens with zero attached hydrogens (tertiary/aromatic N) is 4. The molecule has 2 N–H and O–H groups in total. The summed E-state index contributed by atoms with van der Waals surface area (Å²) >= 11 is 0. The van der Waals surface area contributed by atoms with Crippen molar-refractivity contribution >= 4 is 32.7 Å². The highest BCUT2D eigenvalue weighted by atomic mass is 32.2. The second-order valence-corrected chi connectivity index (χ2v) is 8.26. The summed E-state index contributed by atoms with van der Waals surface area (Å²) in [5, 5.41) is 3.28. The fourth-order valence-corrected chi connectivity index (χ4v) is 3.91. The average molecular weight is 408 g/mol. The SMILES string of the molecule is Cc1ccnc(NS(=O)(=O)c2ccc(NCc3nc4ccccc4n3C)cc2)n1. The molecule has 2 aromatic heterocycles. The minimum absolute atomic E-state index is 0.0500. The number of nitrogens with one attached hydrogen (secondary N) is 2. The van der Waals surface area contributed by atoms with Gasteiger partial charge in [-0.05, 0) is 49.4 Å². The summed E-state index contributed by atoms with van der Waals surface area (Å²) < 4.78 is 29.5. The number of rotatable bonds is 6. The molecule has 0 spiro atoms. The first-order chi connectivity index (χ1) is 13.9. The van der Waals surface area contributed by atoms with Crippen LogP contribution in [0.1, 0.15) is 11.5 Å². The van der Waals surface area contributed by atoms with Crippen molar-refractivity contribution in [3.63, 3.8) is 0 Å². The van der Waals surface area contributed by atoms with Crippen LogP contribution < -0.4 is 10.0 Å². The molecule has 9 heteroatoms. The molecule has 4 aromatic rings. The molecule has 2 aromatic carbocycles. The van der Waals surface area contributed by atoms with Crippen molar-refractivity contribution in [1.82, 2.24) is 19.5 Å². The van der Waals surface area contributed by atoms with Crippen molar-refractivity contribution in [1.29, 1.82) is 0 Å². The molecule has 0 saturated heterocycles. The Kier molecular flexibility index (Phi) is 4.89. The van der Waals surface area contributed by atoms with Crippen molar-refractivity contribution in [2.24, 2.45) is 7.05 Å². The highest BCUT2D eigenvalue weighted by Crippen LogP contribution is 2.18. The molecule has 0 atom stereocenters. The van der Waals surface area contributed by atoms with E-state index in [1.807, 2.05) is 35.9 Å². The predicted octanol–water partition coefficient (Wildman–Crippen LogP) is 3.08. The lowest BCUT2D eigenvalue weighted by Gasteiger charge is -2.09. The Morgan fingerprint density at radius 1 is 1.00 bits per heavy atom. The minimum Gasteiger partial charge on any atom is -0.378 e. The van der Waals surface area contributed by atoms with Crippen LogP contribution in [0, 0.1) is 6.92 Å². The molecule has 29 heavy (non-hydrogen) atoms. The molecule has 0 aliphatic rings. The fourth-order valence-electron chi connectivity index (χ4n) is 2.96. The molecule has 148 valence electrons. The maximum absolute atomic E-state index is 12.5. The van der Waals surface area contributed by atoms with Crippen LogP contribution in [0.2, 0.25) is 0 Å². The van der Waals surface area contributed by atoms with Crippen molar-refractivity contribution in [3.8, 4) is 0 Å². The molecule has 0 aliphatic carbocycles. The van der Waals surface area contributed by atoms with Crippen LogP contribution in [0.25, 0.3) is 11.0 Å². The zero-order chi connectivity index (χ0) is 20.4.